The number of hydrogen-bond donors (Lipinski definition) is 2. The summed E-state index contributed by atoms with van der Waals surface area (Å²) in [5, 5.41) is 7.63. The lowest BCUT2D eigenvalue weighted by molar-refractivity contribution is 0.183. The van der Waals surface area contributed by atoms with Gasteiger partial charge >= 0.3 is 0 Å². The number of piperidine rings is 1. The van der Waals surface area contributed by atoms with Crippen LogP contribution in [0.4, 0.5) is 23.1 Å². The van der Waals surface area contributed by atoms with E-state index < -0.39 is 0 Å². The van der Waals surface area contributed by atoms with Gasteiger partial charge in [0.05, 0.1) is 17.4 Å². The molecule has 0 amide bonds. The summed E-state index contributed by atoms with van der Waals surface area (Å²) < 4.78 is 5.91. The van der Waals surface area contributed by atoms with E-state index in [1.165, 1.54) is 32.4 Å². The molecule has 5 rings (SSSR count). The first-order chi connectivity index (χ1) is 16.3. The second-order valence-corrected chi connectivity index (χ2v) is 8.21. The van der Waals surface area contributed by atoms with Gasteiger partial charge in [0.15, 0.2) is 0 Å². The van der Waals surface area contributed by atoms with Crippen molar-refractivity contribution in [3.05, 3.63) is 73.1 Å². The zero-order chi connectivity index (χ0) is 22.3. The molecule has 7 heteroatoms. The van der Waals surface area contributed by atoms with E-state index >= 15 is 0 Å². The van der Waals surface area contributed by atoms with Crippen molar-refractivity contribution in [3.8, 4) is 5.75 Å². The van der Waals surface area contributed by atoms with Crippen molar-refractivity contribution in [2.45, 2.75) is 19.3 Å². The van der Waals surface area contributed by atoms with E-state index in [2.05, 4.69) is 36.6 Å². The predicted molar refractivity (Wildman–Crippen MR) is 133 cm³/mol. The van der Waals surface area contributed by atoms with Gasteiger partial charge in [-0.25, -0.2) is 4.98 Å². The number of benzene rings is 2. The van der Waals surface area contributed by atoms with E-state index in [0.717, 1.165) is 34.6 Å². The van der Waals surface area contributed by atoms with Gasteiger partial charge in [-0.05, 0) is 68.4 Å². The van der Waals surface area contributed by atoms with Gasteiger partial charge in [0.25, 0.3) is 0 Å². The molecule has 3 heterocycles. The molecule has 1 aliphatic heterocycles. The Labute approximate surface area is 193 Å². The highest BCUT2D eigenvalue weighted by Crippen LogP contribution is 2.22. The summed E-state index contributed by atoms with van der Waals surface area (Å²) in [4.78, 5) is 15.9. The summed E-state index contributed by atoms with van der Waals surface area (Å²) in [6.45, 7) is 4.09. The topological polar surface area (TPSA) is 75.2 Å². The summed E-state index contributed by atoms with van der Waals surface area (Å²) in [6, 6.07) is 19.8. The molecular weight excluding hydrogens is 412 g/mol. The second kappa shape index (κ2) is 10.3. The lowest BCUT2D eigenvalue weighted by atomic mass is 10.1. The minimum Gasteiger partial charge on any atom is -0.492 e. The van der Waals surface area contributed by atoms with Crippen LogP contribution < -0.4 is 15.4 Å². The first-order valence-electron chi connectivity index (χ1n) is 11.5. The highest BCUT2D eigenvalue weighted by Gasteiger charge is 2.09. The fraction of sp³-hybridized carbons (Fsp3) is 0.269. The molecule has 1 saturated heterocycles. The standard InChI is InChI=1S/C26H28N6O/c1-4-14-32(15-5-1)16-17-33-23-10-8-21(9-11-23)30-26-27-13-12-25(31-26)29-22-18-20-6-2-3-7-24(20)28-19-22/h2-3,6-13,18-19H,1,4-5,14-17H2,(H2,27,29,30,31). The van der Waals surface area contributed by atoms with Crippen LogP contribution in [-0.4, -0.2) is 46.1 Å². The molecule has 0 bridgehead atoms. The number of para-hydroxylation sites is 1. The lowest BCUT2D eigenvalue weighted by Gasteiger charge is -2.26. The van der Waals surface area contributed by atoms with E-state index in [1.54, 1.807) is 6.20 Å². The Bertz CT molecular complexity index is 1190. The molecule has 0 aliphatic carbocycles. The van der Waals surface area contributed by atoms with E-state index in [-0.39, 0.29) is 0 Å². The average Bonchev–Trinajstić information content (AvgIpc) is 2.86. The Morgan fingerprint density at radius 3 is 2.58 bits per heavy atom. The van der Waals surface area contributed by atoms with Gasteiger partial charge in [-0.2, -0.15) is 4.98 Å². The van der Waals surface area contributed by atoms with Crippen LogP contribution in [0.25, 0.3) is 10.9 Å². The van der Waals surface area contributed by atoms with Crippen molar-refractivity contribution in [1.82, 2.24) is 19.9 Å². The minimum atomic E-state index is 0.521. The van der Waals surface area contributed by atoms with E-state index in [0.29, 0.717) is 18.4 Å². The van der Waals surface area contributed by atoms with Crippen LogP contribution in [-0.2, 0) is 0 Å². The average molecular weight is 441 g/mol. The maximum Gasteiger partial charge on any atom is 0.229 e. The summed E-state index contributed by atoms with van der Waals surface area (Å²) in [5.41, 5.74) is 2.75. The number of fused-ring (bicyclic) bond motifs is 1. The quantitative estimate of drug-likeness (QED) is 0.381. The Morgan fingerprint density at radius 2 is 1.70 bits per heavy atom. The molecule has 0 radical (unpaired) electrons. The third-order valence-electron chi connectivity index (χ3n) is 5.75. The van der Waals surface area contributed by atoms with E-state index in [4.69, 9.17) is 4.74 Å². The Hall–Kier alpha value is -3.71. The van der Waals surface area contributed by atoms with Gasteiger partial charge < -0.3 is 15.4 Å². The molecule has 0 atom stereocenters. The zero-order valence-electron chi connectivity index (χ0n) is 18.6. The van der Waals surface area contributed by atoms with Crippen molar-refractivity contribution in [3.63, 3.8) is 0 Å². The van der Waals surface area contributed by atoms with Gasteiger partial charge in [0.1, 0.15) is 18.2 Å². The molecule has 0 saturated carbocycles. The maximum atomic E-state index is 5.91. The Kier molecular flexibility index (Phi) is 6.58. The SMILES string of the molecule is c1ccc2ncc(Nc3ccnc(Nc4ccc(OCCN5CCCCC5)cc4)n3)cc2c1. The van der Waals surface area contributed by atoms with Crippen LogP contribution in [0.3, 0.4) is 0 Å². The molecule has 4 aromatic rings. The van der Waals surface area contributed by atoms with Crippen LogP contribution in [0, 0.1) is 0 Å². The molecule has 0 spiro atoms. The molecule has 0 unspecified atom stereocenters. The van der Waals surface area contributed by atoms with Gasteiger partial charge in [-0.3, -0.25) is 9.88 Å². The van der Waals surface area contributed by atoms with Gasteiger partial charge in [-0.1, -0.05) is 24.6 Å². The number of rotatable bonds is 8. The molecule has 2 N–H and O–H groups in total. The van der Waals surface area contributed by atoms with Crippen LogP contribution in [0.1, 0.15) is 19.3 Å². The molecule has 33 heavy (non-hydrogen) atoms. The van der Waals surface area contributed by atoms with Crippen molar-refractivity contribution in [2.75, 3.05) is 36.9 Å². The van der Waals surface area contributed by atoms with Crippen LogP contribution in [0.5, 0.6) is 5.75 Å². The number of hydrogen-bond acceptors (Lipinski definition) is 7. The van der Waals surface area contributed by atoms with Crippen molar-refractivity contribution < 1.29 is 4.74 Å². The Morgan fingerprint density at radius 1 is 0.848 bits per heavy atom. The number of likely N-dealkylation sites (tertiary alicyclic amines) is 1. The molecule has 2 aromatic heterocycles. The summed E-state index contributed by atoms with van der Waals surface area (Å²) in [6.07, 6.45) is 7.50. The number of aromatic nitrogens is 3. The first kappa shape index (κ1) is 21.2. The lowest BCUT2D eigenvalue weighted by Crippen LogP contribution is -2.33. The molecule has 168 valence electrons. The van der Waals surface area contributed by atoms with Crippen molar-refractivity contribution >= 4 is 34.0 Å². The predicted octanol–water partition coefficient (Wildman–Crippen LogP) is 5.38. The fourth-order valence-corrected chi connectivity index (χ4v) is 4.02. The van der Waals surface area contributed by atoms with Gasteiger partial charge in [-0.15, -0.1) is 0 Å². The van der Waals surface area contributed by atoms with Crippen molar-refractivity contribution in [2.24, 2.45) is 0 Å². The van der Waals surface area contributed by atoms with Gasteiger partial charge in [0.2, 0.25) is 5.95 Å². The largest absolute Gasteiger partial charge is 0.492 e. The number of ether oxygens (including phenoxy) is 1. The molecule has 7 nitrogen and oxygen atoms in total. The van der Waals surface area contributed by atoms with Gasteiger partial charge in [0, 0.05) is 23.8 Å². The molecule has 1 fully saturated rings. The summed E-state index contributed by atoms with van der Waals surface area (Å²) in [5.74, 6) is 2.09. The third-order valence-corrected chi connectivity index (χ3v) is 5.75. The molecule has 2 aromatic carbocycles. The molecular formula is C26H28N6O. The number of nitrogens with zero attached hydrogens (tertiary/aromatic N) is 4. The summed E-state index contributed by atoms with van der Waals surface area (Å²) in [7, 11) is 0. The minimum absolute atomic E-state index is 0.521. The number of anilines is 4. The molecule has 1 aliphatic rings. The van der Waals surface area contributed by atoms with Crippen LogP contribution >= 0.6 is 0 Å². The fourth-order valence-electron chi connectivity index (χ4n) is 4.02. The Balaban J connectivity index is 1.16. The highest BCUT2D eigenvalue weighted by atomic mass is 16.5. The highest BCUT2D eigenvalue weighted by molar-refractivity contribution is 5.82. The zero-order valence-corrected chi connectivity index (χ0v) is 18.6. The summed E-state index contributed by atoms with van der Waals surface area (Å²) >= 11 is 0. The normalized spacial score (nSPS) is 14.2. The number of pyridine rings is 1. The number of nitrogens with one attached hydrogen (secondary N) is 2. The first-order valence-corrected chi connectivity index (χ1v) is 11.5. The third kappa shape index (κ3) is 5.75. The maximum absolute atomic E-state index is 5.91. The second-order valence-electron chi connectivity index (χ2n) is 8.21. The van der Waals surface area contributed by atoms with Crippen LogP contribution in [0.15, 0.2) is 73.1 Å². The van der Waals surface area contributed by atoms with Crippen LogP contribution in [0.2, 0.25) is 0 Å². The monoisotopic (exact) mass is 440 g/mol. The smallest absolute Gasteiger partial charge is 0.229 e. The van der Waals surface area contributed by atoms with Crippen molar-refractivity contribution in [1.29, 1.82) is 0 Å². The van der Waals surface area contributed by atoms with E-state index in [1.807, 2.05) is 60.8 Å². The van der Waals surface area contributed by atoms with E-state index in [9.17, 15) is 0 Å².